The fourth-order valence-corrected chi connectivity index (χ4v) is 11.8. The van der Waals surface area contributed by atoms with E-state index in [1.165, 1.54) is 205 Å². The lowest BCUT2D eigenvalue weighted by Crippen LogP contribution is -2.44. The molecule has 0 saturated heterocycles. The first-order valence-corrected chi connectivity index (χ1v) is 42.0. The number of carboxylic acid groups (broad SMARTS) is 1. The van der Waals surface area contributed by atoms with Gasteiger partial charge in [-0.1, -0.05) is 391 Å². The number of carbonyl (C=O) groups excluding carboxylic acids is 3. The standard InChI is InChI=1S/C92H157NO8/c1-6-8-10-12-14-16-18-20-22-24-26-28-30-32-34-36-38-40-42-43-44-45-46-47-49-51-53-55-57-59-61-63-65-67-69-71-73-75-77-79-81-83-90(95)101-88(87-100-92(91(96)97)98-85-84-93(3,4)5)86-99-89(94)82-80-78-76-74-72-70-68-66-64-62-60-58-56-54-52-50-48-41-39-37-35-33-31-29-27-25-23-21-19-17-15-13-11-9-7-2/h8,10,14,16,20,22,26,28,32,34,38,40,43-44,46-47,51,53,57,59,63,65,69,71,88,92H,6-7,9,11-13,15,17-19,21,23-25,27,29-31,33,35-37,39,41-42,45,48-50,52,54-56,58,60-62,64,66-68,70,72-87H2,1-5H3/b10-8-,16-14-,22-20-,28-26-,34-32-,40-38-,44-43-,47-46-,53-51-,59-57-,65-63-,71-69-. The van der Waals surface area contributed by atoms with Crippen molar-refractivity contribution < 1.29 is 42.9 Å². The first-order valence-electron chi connectivity index (χ1n) is 42.0. The van der Waals surface area contributed by atoms with Gasteiger partial charge in [-0.15, -0.1) is 0 Å². The Morgan fingerprint density at radius 2 is 0.564 bits per heavy atom. The molecule has 9 heteroatoms. The van der Waals surface area contributed by atoms with E-state index in [-0.39, 0.29) is 38.6 Å². The van der Waals surface area contributed by atoms with Gasteiger partial charge in [0.05, 0.1) is 40.3 Å². The van der Waals surface area contributed by atoms with Gasteiger partial charge in [0.2, 0.25) is 0 Å². The number of esters is 2. The van der Waals surface area contributed by atoms with Crippen LogP contribution >= 0.6 is 0 Å². The number of hydrogen-bond acceptors (Lipinski definition) is 8. The number of rotatable bonds is 77. The van der Waals surface area contributed by atoms with Crippen LogP contribution in [0.3, 0.4) is 0 Å². The molecule has 101 heavy (non-hydrogen) atoms. The minimum Gasteiger partial charge on any atom is -0.545 e. The molecular formula is C92H157NO8. The van der Waals surface area contributed by atoms with Gasteiger partial charge in [0, 0.05) is 12.8 Å². The SMILES string of the molecule is CC/C=C\C/C=C\C/C=C\C/C=C\C/C=C\C/C=C\C/C=C\C/C=C\C/C=C\C/C=C\C/C=C\C/C=C\CCCCCCC(=O)OC(COC(=O)CCCCCCCCCCCCCCCCCCCCCCCCCCCCCCCCCCCCC)COC(OCC[N+](C)(C)C)C(=O)[O-]. The summed E-state index contributed by atoms with van der Waals surface area (Å²) in [5.74, 6) is -2.31. The Morgan fingerprint density at radius 1 is 0.307 bits per heavy atom. The summed E-state index contributed by atoms with van der Waals surface area (Å²) in [5, 5.41) is 11.9. The van der Waals surface area contributed by atoms with Crippen LogP contribution in [0.5, 0.6) is 0 Å². The van der Waals surface area contributed by atoms with Gasteiger partial charge in [-0.25, -0.2) is 0 Å². The maximum Gasteiger partial charge on any atom is 0.306 e. The molecule has 0 rings (SSSR count). The summed E-state index contributed by atoms with van der Waals surface area (Å²) in [6.07, 6.45) is 116. The van der Waals surface area contributed by atoms with Gasteiger partial charge < -0.3 is 33.3 Å². The molecule has 0 radical (unpaired) electrons. The molecule has 0 amide bonds. The third kappa shape index (κ3) is 82.3. The predicted molar refractivity (Wildman–Crippen MR) is 435 cm³/mol. The Balaban J connectivity index is 4.11. The molecule has 0 aliphatic heterocycles. The van der Waals surface area contributed by atoms with Gasteiger partial charge in [-0.05, 0) is 103 Å². The van der Waals surface area contributed by atoms with Crippen LogP contribution in [0.25, 0.3) is 0 Å². The van der Waals surface area contributed by atoms with Crippen molar-refractivity contribution in [3.8, 4) is 0 Å². The van der Waals surface area contributed by atoms with E-state index in [9.17, 15) is 19.5 Å². The van der Waals surface area contributed by atoms with Crippen molar-refractivity contribution in [2.75, 3.05) is 47.5 Å². The van der Waals surface area contributed by atoms with E-state index in [4.69, 9.17) is 18.9 Å². The van der Waals surface area contributed by atoms with Crippen LogP contribution in [-0.4, -0.2) is 82.3 Å². The van der Waals surface area contributed by atoms with Crippen LogP contribution in [0, 0.1) is 0 Å². The summed E-state index contributed by atoms with van der Waals surface area (Å²) in [7, 11) is 5.93. The summed E-state index contributed by atoms with van der Waals surface area (Å²) >= 11 is 0. The fourth-order valence-electron chi connectivity index (χ4n) is 11.8. The Kier molecular flexibility index (Phi) is 77.0. The molecule has 0 aromatic rings. The summed E-state index contributed by atoms with van der Waals surface area (Å²) in [6.45, 7) is 4.64. The number of likely N-dealkylation sites (N-methyl/N-ethyl adjacent to an activating group) is 1. The smallest absolute Gasteiger partial charge is 0.306 e. The molecule has 0 heterocycles. The predicted octanol–water partition coefficient (Wildman–Crippen LogP) is 26.0. The monoisotopic (exact) mass is 1400 g/mol. The second-order valence-electron chi connectivity index (χ2n) is 29.0. The number of hydrogen-bond donors (Lipinski definition) is 0. The van der Waals surface area contributed by atoms with Crippen molar-refractivity contribution in [3.05, 3.63) is 146 Å². The molecular weight excluding hydrogens is 1250 g/mol. The molecule has 0 aromatic carbocycles. The first kappa shape index (κ1) is 96.2. The minimum atomic E-state index is -1.64. The summed E-state index contributed by atoms with van der Waals surface area (Å²) in [4.78, 5) is 37.6. The Hall–Kier alpha value is -4.83. The molecule has 2 unspecified atom stereocenters. The third-order valence-electron chi connectivity index (χ3n) is 18.1. The molecule has 0 spiro atoms. The van der Waals surface area contributed by atoms with E-state index in [0.717, 1.165) is 122 Å². The fraction of sp³-hybridized carbons (Fsp3) is 0.707. The van der Waals surface area contributed by atoms with Crippen LogP contribution in [0.1, 0.15) is 361 Å². The number of carbonyl (C=O) groups is 3. The average molecular weight is 1410 g/mol. The normalized spacial score (nSPS) is 13.4. The number of quaternary nitrogens is 1. The van der Waals surface area contributed by atoms with E-state index in [0.29, 0.717) is 17.4 Å². The maximum absolute atomic E-state index is 13.0. The topological polar surface area (TPSA) is 111 Å². The van der Waals surface area contributed by atoms with Gasteiger partial charge in [0.25, 0.3) is 0 Å². The molecule has 0 aliphatic rings. The molecule has 0 aromatic heterocycles. The van der Waals surface area contributed by atoms with Crippen LogP contribution in [-0.2, 0) is 33.3 Å². The summed E-state index contributed by atoms with van der Waals surface area (Å²) < 4.78 is 22.8. The van der Waals surface area contributed by atoms with Crippen LogP contribution in [0.15, 0.2) is 146 Å². The molecule has 0 saturated carbocycles. The maximum atomic E-state index is 13.0. The number of ether oxygens (including phenoxy) is 4. The van der Waals surface area contributed by atoms with Crippen molar-refractivity contribution in [1.29, 1.82) is 0 Å². The van der Waals surface area contributed by atoms with E-state index in [1.54, 1.807) is 0 Å². The first-order chi connectivity index (χ1) is 49.6. The van der Waals surface area contributed by atoms with Gasteiger partial charge in [0.15, 0.2) is 12.4 Å². The lowest BCUT2D eigenvalue weighted by molar-refractivity contribution is -0.870. The average Bonchev–Trinajstić information content (AvgIpc) is 1.21. The van der Waals surface area contributed by atoms with E-state index in [2.05, 4.69) is 160 Å². The van der Waals surface area contributed by atoms with Crippen LogP contribution in [0.4, 0.5) is 0 Å². The second kappa shape index (κ2) is 80.8. The highest BCUT2D eigenvalue weighted by Crippen LogP contribution is 2.19. The van der Waals surface area contributed by atoms with E-state index < -0.39 is 24.3 Å². The van der Waals surface area contributed by atoms with Crippen molar-refractivity contribution in [2.45, 2.75) is 373 Å². The van der Waals surface area contributed by atoms with Gasteiger partial charge >= 0.3 is 11.9 Å². The Bertz CT molecular complexity index is 2180. The zero-order chi connectivity index (χ0) is 73.2. The lowest BCUT2D eigenvalue weighted by Gasteiger charge is -2.26. The highest BCUT2D eigenvalue weighted by molar-refractivity contribution is 5.70. The second-order valence-corrected chi connectivity index (χ2v) is 29.0. The van der Waals surface area contributed by atoms with Crippen molar-refractivity contribution >= 4 is 17.9 Å². The molecule has 0 aliphatic carbocycles. The number of nitrogens with zero attached hydrogens (tertiary/aromatic N) is 1. The molecule has 9 nitrogen and oxygen atoms in total. The molecule has 0 fully saturated rings. The number of aliphatic carboxylic acids is 1. The van der Waals surface area contributed by atoms with Crippen LogP contribution in [0.2, 0.25) is 0 Å². The van der Waals surface area contributed by atoms with Gasteiger partial charge in [-0.3, -0.25) is 9.59 Å². The number of unbranched alkanes of at least 4 members (excludes halogenated alkanes) is 38. The Labute approximate surface area is 623 Å². The zero-order valence-corrected chi connectivity index (χ0v) is 66.2. The zero-order valence-electron chi connectivity index (χ0n) is 66.2. The largest absolute Gasteiger partial charge is 0.545 e. The van der Waals surface area contributed by atoms with Crippen molar-refractivity contribution in [2.24, 2.45) is 0 Å². The summed E-state index contributed by atoms with van der Waals surface area (Å²) in [5.41, 5.74) is 0. The summed E-state index contributed by atoms with van der Waals surface area (Å²) in [6, 6.07) is 0. The molecule has 0 bridgehead atoms. The van der Waals surface area contributed by atoms with Gasteiger partial charge in [-0.2, -0.15) is 0 Å². The number of carboxylic acids is 1. The molecule has 2 atom stereocenters. The minimum absolute atomic E-state index is 0.137. The number of allylic oxidation sites excluding steroid dienone is 24. The Morgan fingerprint density at radius 3 is 0.842 bits per heavy atom. The highest BCUT2D eigenvalue weighted by atomic mass is 16.7. The molecule has 0 N–H and O–H groups in total. The highest BCUT2D eigenvalue weighted by Gasteiger charge is 2.22. The lowest BCUT2D eigenvalue weighted by atomic mass is 10.0. The van der Waals surface area contributed by atoms with E-state index in [1.807, 2.05) is 21.1 Å². The van der Waals surface area contributed by atoms with E-state index >= 15 is 0 Å². The van der Waals surface area contributed by atoms with Crippen molar-refractivity contribution in [3.63, 3.8) is 0 Å². The van der Waals surface area contributed by atoms with Crippen molar-refractivity contribution in [1.82, 2.24) is 0 Å². The third-order valence-corrected chi connectivity index (χ3v) is 18.1. The van der Waals surface area contributed by atoms with Gasteiger partial charge in [0.1, 0.15) is 13.2 Å². The molecule has 578 valence electrons. The van der Waals surface area contributed by atoms with Crippen LogP contribution < -0.4 is 5.11 Å². The quantitative estimate of drug-likeness (QED) is 0.0195.